The standard InChI is InChI=1S/C12H12N2O2/c1-7-3-4-9(8(2)5-7)10-11(12(15)16)14-6-13-10/h3-6H,1-2H3,(H,13,14)(H,15,16). The van der Waals surface area contributed by atoms with Crippen molar-refractivity contribution in [3.63, 3.8) is 0 Å². The van der Waals surface area contributed by atoms with Gasteiger partial charge in [0.05, 0.1) is 6.33 Å². The average Bonchev–Trinajstić information content (AvgIpc) is 2.66. The Labute approximate surface area is 93.0 Å². The maximum Gasteiger partial charge on any atom is 0.354 e. The first-order chi connectivity index (χ1) is 7.59. The van der Waals surface area contributed by atoms with Crippen LogP contribution < -0.4 is 0 Å². The monoisotopic (exact) mass is 216 g/mol. The fourth-order valence-electron chi connectivity index (χ4n) is 1.74. The van der Waals surface area contributed by atoms with Crippen LogP contribution in [0.3, 0.4) is 0 Å². The van der Waals surface area contributed by atoms with E-state index in [-0.39, 0.29) is 5.69 Å². The van der Waals surface area contributed by atoms with Gasteiger partial charge in [0.15, 0.2) is 5.69 Å². The minimum Gasteiger partial charge on any atom is -0.477 e. The van der Waals surface area contributed by atoms with Crippen LogP contribution in [0.1, 0.15) is 21.6 Å². The molecule has 0 saturated carbocycles. The molecule has 4 heteroatoms. The molecule has 0 bridgehead atoms. The lowest BCUT2D eigenvalue weighted by Gasteiger charge is -2.04. The van der Waals surface area contributed by atoms with Crippen molar-refractivity contribution in [2.24, 2.45) is 0 Å². The summed E-state index contributed by atoms with van der Waals surface area (Å²) in [5.74, 6) is -0.993. The second kappa shape index (κ2) is 3.81. The fraction of sp³-hybridized carbons (Fsp3) is 0.167. The number of carbonyl (C=O) groups is 1. The zero-order valence-electron chi connectivity index (χ0n) is 9.11. The lowest BCUT2D eigenvalue weighted by atomic mass is 10.0. The smallest absolute Gasteiger partial charge is 0.354 e. The van der Waals surface area contributed by atoms with Crippen LogP contribution >= 0.6 is 0 Å². The second-order valence-electron chi connectivity index (χ2n) is 3.75. The molecule has 0 aliphatic carbocycles. The van der Waals surface area contributed by atoms with Crippen molar-refractivity contribution < 1.29 is 9.90 Å². The normalized spacial score (nSPS) is 10.4. The summed E-state index contributed by atoms with van der Waals surface area (Å²) in [6.07, 6.45) is 1.40. The van der Waals surface area contributed by atoms with Gasteiger partial charge in [0.2, 0.25) is 0 Å². The number of H-pyrrole nitrogens is 1. The van der Waals surface area contributed by atoms with Crippen LogP contribution in [-0.4, -0.2) is 21.0 Å². The summed E-state index contributed by atoms with van der Waals surface area (Å²) >= 11 is 0. The van der Waals surface area contributed by atoms with Crippen molar-refractivity contribution in [1.82, 2.24) is 9.97 Å². The van der Waals surface area contributed by atoms with E-state index in [0.29, 0.717) is 5.69 Å². The Balaban J connectivity index is 2.59. The number of aromatic nitrogens is 2. The van der Waals surface area contributed by atoms with Gasteiger partial charge < -0.3 is 10.1 Å². The number of hydrogen-bond acceptors (Lipinski definition) is 2. The molecule has 0 spiro atoms. The van der Waals surface area contributed by atoms with Crippen molar-refractivity contribution in [3.05, 3.63) is 41.3 Å². The molecule has 16 heavy (non-hydrogen) atoms. The molecule has 1 heterocycles. The van der Waals surface area contributed by atoms with Gasteiger partial charge in [-0.25, -0.2) is 9.78 Å². The summed E-state index contributed by atoms with van der Waals surface area (Å²) in [5, 5.41) is 8.99. The maximum atomic E-state index is 11.0. The van der Waals surface area contributed by atoms with E-state index in [1.807, 2.05) is 32.0 Å². The summed E-state index contributed by atoms with van der Waals surface area (Å²) in [7, 11) is 0. The van der Waals surface area contributed by atoms with Crippen molar-refractivity contribution in [1.29, 1.82) is 0 Å². The Kier molecular flexibility index (Phi) is 2.48. The number of aromatic carboxylic acids is 1. The van der Waals surface area contributed by atoms with Gasteiger partial charge in [0.25, 0.3) is 0 Å². The molecule has 0 atom stereocenters. The number of imidazole rings is 1. The molecule has 0 aliphatic heterocycles. The van der Waals surface area contributed by atoms with E-state index in [1.54, 1.807) is 0 Å². The van der Waals surface area contributed by atoms with Gasteiger partial charge in [-0.3, -0.25) is 0 Å². The van der Waals surface area contributed by atoms with Crippen LogP contribution in [0.4, 0.5) is 0 Å². The first-order valence-electron chi connectivity index (χ1n) is 4.94. The summed E-state index contributed by atoms with van der Waals surface area (Å²) < 4.78 is 0. The lowest BCUT2D eigenvalue weighted by molar-refractivity contribution is 0.0692. The van der Waals surface area contributed by atoms with Gasteiger partial charge >= 0.3 is 5.97 Å². The molecule has 4 nitrogen and oxygen atoms in total. The molecular formula is C12H12N2O2. The molecule has 0 saturated heterocycles. The highest BCUT2D eigenvalue weighted by Gasteiger charge is 2.15. The van der Waals surface area contributed by atoms with Crippen molar-refractivity contribution in [2.45, 2.75) is 13.8 Å². The number of rotatable bonds is 2. The number of carboxylic acids is 1. The summed E-state index contributed by atoms with van der Waals surface area (Å²) in [4.78, 5) is 17.7. The van der Waals surface area contributed by atoms with Crippen molar-refractivity contribution >= 4 is 5.97 Å². The van der Waals surface area contributed by atoms with E-state index >= 15 is 0 Å². The van der Waals surface area contributed by atoms with Crippen LogP contribution in [0.15, 0.2) is 24.5 Å². The van der Waals surface area contributed by atoms with E-state index < -0.39 is 5.97 Å². The topological polar surface area (TPSA) is 66.0 Å². The summed E-state index contributed by atoms with van der Waals surface area (Å²) in [6.45, 7) is 3.95. The first-order valence-corrected chi connectivity index (χ1v) is 4.94. The number of carboxylic acid groups (broad SMARTS) is 1. The highest BCUT2D eigenvalue weighted by atomic mass is 16.4. The second-order valence-corrected chi connectivity index (χ2v) is 3.75. The van der Waals surface area contributed by atoms with E-state index in [4.69, 9.17) is 5.11 Å². The van der Waals surface area contributed by atoms with E-state index in [2.05, 4.69) is 9.97 Å². The fourth-order valence-corrected chi connectivity index (χ4v) is 1.74. The van der Waals surface area contributed by atoms with Gasteiger partial charge in [0, 0.05) is 5.56 Å². The number of nitrogens with one attached hydrogen (secondary N) is 1. The molecule has 82 valence electrons. The summed E-state index contributed by atoms with van der Waals surface area (Å²) in [5.41, 5.74) is 3.64. The molecular weight excluding hydrogens is 204 g/mol. The van der Waals surface area contributed by atoms with Gasteiger partial charge in [-0.2, -0.15) is 0 Å². The predicted molar refractivity (Wildman–Crippen MR) is 60.5 cm³/mol. The van der Waals surface area contributed by atoms with Crippen LogP contribution in [-0.2, 0) is 0 Å². The Hall–Kier alpha value is -2.10. The SMILES string of the molecule is Cc1ccc(-c2nc[nH]c2C(=O)O)c(C)c1. The third-order valence-electron chi connectivity index (χ3n) is 2.49. The molecule has 2 aromatic rings. The number of aromatic amines is 1. The van der Waals surface area contributed by atoms with Gasteiger partial charge in [-0.05, 0) is 19.4 Å². The average molecular weight is 216 g/mol. The van der Waals surface area contributed by atoms with Crippen LogP contribution in [0.5, 0.6) is 0 Å². The Bertz CT molecular complexity index is 544. The third kappa shape index (κ3) is 1.69. The van der Waals surface area contributed by atoms with E-state index in [9.17, 15) is 4.79 Å². The molecule has 2 N–H and O–H groups in total. The van der Waals surface area contributed by atoms with Gasteiger partial charge in [-0.15, -0.1) is 0 Å². The number of aryl methyl sites for hydroxylation is 2. The minimum atomic E-state index is -0.993. The highest BCUT2D eigenvalue weighted by molar-refractivity contribution is 5.93. The van der Waals surface area contributed by atoms with Crippen LogP contribution in [0.25, 0.3) is 11.3 Å². The predicted octanol–water partition coefficient (Wildman–Crippen LogP) is 2.39. The number of nitrogens with zero attached hydrogens (tertiary/aromatic N) is 1. The van der Waals surface area contributed by atoms with Gasteiger partial charge in [0.1, 0.15) is 5.69 Å². The maximum absolute atomic E-state index is 11.0. The molecule has 0 radical (unpaired) electrons. The largest absolute Gasteiger partial charge is 0.477 e. The molecule has 1 aromatic heterocycles. The summed E-state index contributed by atoms with van der Waals surface area (Å²) in [6, 6.07) is 5.85. The third-order valence-corrected chi connectivity index (χ3v) is 2.49. The Morgan fingerprint density at radius 2 is 2.12 bits per heavy atom. The van der Waals surface area contributed by atoms with Gasteiger partial charge in [-0.1, -0.05) is 23.8 Å². The van der Waals surface area contributed by atoms with Crippen LogP contribution in [0, 0.1) is 13.8 Å². The number of hydrogen-bond donors (Lipinski definition) is 2. The minimum absolute atomic E-state index is 0.131. The quantitative estimate of drug-likeness (QED) is 0.810. The van der Waals surface area contributed by atoms with E-state index in [1.165, 1.54) is 6.33 Å². The van der Waals surface area contributed by atoms with E-state index in [0.717, 1.165) is 16.7 Å². The molecule has 1 aromatic carbocycles. The molecule has 2 rings (SSSR count). The van der Waals surface area contributed by atoms with Crippen molar-refractivity contribution in [3.8, 4) is 11.3 Å². The molecule has 0 aliphatic rings. The van der Waals surface area contributed by atoms with Crippen LogP contribution in [0.2, 0.25) is 0 Å². The zero-order valence-corrected chi connectivity index (χ0v) is 9.11. The first kappa shape index (κ1) is 10.4. The molecule has 0 unspecified atom stereocenters. The molecule has 0 amide bonds. The Morgan fingerprint density at radius 1 is 1.38 bits per heavy atom. The molecule has 0 fully saturated rings. The zero-order chi connectivity index (χ0) is 11.7. The van der Waals surface area contributed by atoms with Crippen molar-refractivity contribution in [2.75, 3.05) is 0 Å². The lowest BCUT2D eigenvalue weighted by Crippen LogP contribution is -2.00. The highest BCUT2D eigenvalue weighted by Crippen LogP contribution is 2.24. The Morgan fingerprint density at radius 3 is 2.75 bits per heavy atom. The number of benzene rings is 1.